The van der Waals surface area contributed by atoms with Gasteiger partial charge in [-0.2, -0.15) is 22.0 Å². The molecule has 9 heavy (non-hydrogen) atoms. The standard InChI is InChI=1S/C3HClF5/c4-2(5,6)1-3(7,8)9/h1H. The van der Waals surface area contributed by atoms with Crippen LogP contribution in [0.1, 0.15) is 0 Å². The minimum atomic E-state index is -5.02. The molecule has 0 aromatic heterocycles. The van der Waals surface area contributed by atoms with Crippen molar-refractivity contribution >= 4 is 11.6 Å². The first-order valence-electron chi connectivity index (χ1n) is 1.71. The molecule has 0 aliphatic rings. The summed E-state index contributed by atoms with van der Waals surface area (Å²) in [7, 11) is 0. The molecule has 6 heteroatoms. The molecule has 0 aromatic carbocycles. The van der Waals surface area contributed by atoms with E-state index in [-0.39, 0.29) is 0 Å². The van der Waals surface area contributed by atoms with Crippen LogP contribution in [0.3, 0.4) is 0 Å². The van der Waals surface area contributed by atoms with Crippen LogP contribution in [0.2, 0.25) is 0 Å². The Morgan fingerprint density at radius 1 is 1.00 bits per heavy atom. The smallest absolute Gasteiger partial charge is 0.188 e. The lowest BCUT2D eigenvalue weighted by Crippen LogP contribution is -2.20. The number of hydrogen-bond donors (Lipinski definition) is 0. The second kappa shape index (κ2) is 2.28. The lowest BCUT2D eigenvalue weighted by molar-refractivity contribution is -0.120. The average molecular weight is 167 g/mol. The van der Waals surface area contributed by atoms with E-state index >= 15 is 0 Å². The third-order valence-electron chi connectivity index (χ3n) is 0.327. The van der Waals surface area contributed by atoms with Gasteiger partial charge in [0.2, 0.25) is 0 Å². The fourth-order valence-electron chi connectivity index (χ4n) is 0.186. The molecule has 0 rings (SSSR count). The molecule has 0 N–H and O–H groups in total. The van der Waals surface area contributed by atoms with Crippen molar-refractivity contribution in [2.24, 2.45) is 0 Å². The molecule has 0 aliphatic carbocycles. The van der Waals surface area contributed by atoms with Crippen molar-refractivity contribution in [3.63, 3.8) is 0 Å². The fourth-order valence-corrected chi connectivity index (χ4v) is 0.309. The summed E-state index contributed by atoms with van der Waals surface area (Å²) in [5, 5.41) is -4.29. The summed E-state index contributed by atoms with van der Waals surface area (Å²) in [6, 6.07) is 0. The zero-order valence-electron chi connectivity index (χ0n) is 3.85. The lowest BCUT2D eigenvalue weighted by atomic mass is 10.4. The maximum Gasteiger partial charge on any atom is 0.399 e. The van der Waals surface area contributed by atoms with Crippen LogP contribution >= 0.6 is 11.6 Å². The third kappa shape index (κ3) is 7.94. The molecule has 0 nitrogen and oxygen atoms in total. The maximum absolute atomic E-state index is 11.2. The van der Waals surface area contributed by atoms with Crippen LogP contribution < -0.4 is 0 Å². The minimum absolute atomic E-state index is 1.19. The van der Waals surface area contributed by atoms with Crippen LogP contribution in [0, 0.1) is 6.42 Å². The van der Waals surface area contributed by atoms with Crippen LogP contribution in [0.5, 0.6) is 0 Å². The Kier molecular flexibility index (Phi) is 2.27. The van der Waals surface area contributed by atoms with Crippen molar-refractivity contribution in [1.82, 2.24) is 0 Å². The Labute approximate surface area is 52.6 Å². The van der Waals surface area contributed by atoms with E-state index in [1.165, 1.54) is 0 Å². The van der Waals surface area contributed by atoms with Crippen LogP contribution in [0.15, 0.2) is 0 Å². The Bertz CT molecular complexity index is 77.4. The van der Waals surface area contributed by atoms with Crippen molar-refractivity contribution < 1.29 is 22.0 Å². The van der Waals surface area contributed by atoms with Gasteiger partial charge in [0.1, 0.15) is 0 Å². The van der Waals surface area contributed by atoms with Crippen molar-refractivity contribution in [3.8, 4) is 0 Å². The van der Waals surface area contributed by atoms with Crippen LogP contribution in [-0.2, 0) is 0 Å². The quantitative estimate of drug-likeness (QED) is 0.416. The molecule has 0 aromatic rings. The average Bonchev–Trinajstić information content (AvgIpc) is 1.14. The first-order valence-corrected chi connectivity index (χ1v) is 2.09. The van der Waals surface area contributed by atoms with E-state index < -0.39 is 18.0 Å². The topological polar surface area (TPSA) is 0 Å². The fraction of sp³-hybridized carbons (Fsp3) is 0.667. The van der Waals surface area contributed by atoms with E-state index in [0.717, 1.165) is 0 Å². The molecule has 0 amide bonds. The lowest BCUT2D eigenvalue weighted by Gasteiger charge is -2.08. The SMILES string of the molecule is FC(F)(F)[CH]C(F)(F)Cl. The zero-order valence-corrected chi connectivity index (χ0v) is 4.60. The summed E-state index contributed by atoms with van der Waals surface area (Å²) in [5.41, 5.74) is 0. The molecule has 0 saturated heterocycles. The first kappa shape index (κ1) is 8.94. The van der Waals surface area contributed by atoms with Gasteiger partial charge in [-0.25, -0.2) is 0 Å². The van der Waals surface area contributed by atoms with Crippen molar-refractivity contribution in [2.75, 3.05) is 0 Å². The second-order valence-corrected chi connectivity index (χ2v) is 1.73. The highest BCUT2D eigenvalue weighted by molar-refractivity contribution is 6.22. The Balaban J connectivity index is 3.75. The van der Waals surface area contributed by atoms with Gasteiger partial charge < -0.3 is 0 Å². The van der Waals surface area contributed by atoms with E-state index in [1.54, 1.807) is 0 Å². The van der Waals surface area contributed by atoms with Gasteiger partial charge in [-0.05, 0) is 11.6 Å². The van der Waals surface area contributed by atoms with E-state index in [2.05, 4.69) is 11.6 Å². The van der Waals surface area contributed by atoms with E-state index in [4.69, 9.17) is 0 Å². The van der Waals surface area contributed by atoms with Gasteiger partial charge in [-0.15, -0.1) is 0 Å². The number of hydrogen-bond acceptors (Lipinski definition) is 0. The molecule has 0 aliphatic heterocycles. The third-order valence-corrected chi connectivity index (χ3v) is 0.436. The summed E-state index contributed by atoms with van der Waals surface area (Å²) < 4.78 is 55.2. The van der Waals surface area contributed by atoms with Crippen molar-refractivity contribution in [3.05, 3.63) is 6.42 Å². The molecule has 55 valence electrons. The highest BCUT2D eigenvalue weighted by Crippen LogP contribution is 2.32. The molecule has 0 saturated carbocycles. The van der Waals surface area contributed by atoms with Gasteiger partial charge in [0.05, 0.1) is 0 Å². The first-order chi connectivity index (χ1) is 3.71. The molecular formula is C3HClF5. The molecule has 1 radical (unpaired) electrons. The van der Waals surface area contributed by atoms with Gasteiger partial charge >= 0.3 is 11.6 Å². The van der Waals surface area contributed by atoms with Gasteiger partial charge in [0.25, 0.3) is 0 Å². The predicted molar refractivity (Wildman–Crippen MR) is 21.2 cm³/mol. The predicted octanol–water partition coefficient (Wildman–Crippen LogP) is 2.58. The van der Waals surface area contributed by atoms with Crippen LogP contribution in [-0.4, -0.2) is 11.6 Å². The Morgan fingerprint density at radius 3 is 1.33 bits per heavy atom. The normalized spacial score (nSPS) is 14.0. The molecule has 0 fully saturated rings. The molecule has 0 unspecified atom stereocenters. The summed E-state index contributed by atoms with van der Waals surface area (Å²) in [4.78, 5) is 0. The summed E-state index contributed by atoms with van der Waals surface area (Å²) in [6.45, 7) is 0. The summed E-state index contributed by atoms with van der Waals surface area (Å²) in [6.07, 6.45) is -6.22. The zero-order chi connectivity index (χ0) is 7.71. The van der Waals surface area contributed by atoms with Gasteiger partial charge in [-0.1, -0.05) is 0 Å². The van der Waals surface area contributed by atoms with Crippen molar-refractivity contribution in [2.45, 2.75) is 11.6 Å². The highest BCUT2D eigenvalue weighted by Gasteiger charge is 2.42. The van der Waals surface area contributed by atoms with Gasteiger partial charge in [0.15, 0.2) is 6.42 Å². The monoisotopic (exact) mass is 167 g/mol. The van der Waals surface area contributed by atoms with E-state index in [9.17, 15) is 22.0 Å². The molecule has 0 spiro atoms. The van der Waals surface area contributed by atoms with Crippen LogP contribution in [0.25, 0.3) is 0 Å². The summed E-state index contributed by atoms with van der Waals surface area (Å²) >= 11 is 3.91. The highest BCUT2D eigenvalue weighted by atomic mass is 35.5. The molecule has 0 heterocycles. The molecule has 0 bridgehead atoms. The number of halogens is 6. The van der Waals surface area contributed by atoms with E-state index in [1.807, 2.05) is 0 Å². The second-order valence-electron chi connectivity index (χ2n) is 1.23. The maximum atomic E-state index is 11.2. The number of rotatable bonds is 1. The van der Waals surface area contributed by atoms with Gasteiger partial charge in [0, 0.05) is 0 Å². The Hall–Kier alpha value is -0.0600. The van der Waals surface area contributed by atoms with Crippen molar-refractivity contribution in [1.29, 1.82) is 0 Å². The Morgan fingerprint density at radius 2 is 1.33 bits per heavy atom. The molecule has 0 atom stereocenters. The number of alkyl halides is 6. The van der Waals surface area contributed by atoms with Gasteiger partial charge in [-0.3, -0.25) is 0 Å². The van der Waals surface area contributed by atoms with Crippen LogP contribution in [0.4, 0.5) is 22.0 Å². The minimum Gasteiger partial charge on any atom is -0.188 e. The summed E-state index contributed by atoms with van der Waals surface area (Å²) in [5.74, 6) is 0. The molecular weight excluding hydrogens is 166 g/mol. The van der Waals surface area contributed by atoms with E-state index in [0.29, 0.717) is 0 Å². The largest absolute Gasteiger partial charge is 0.399 e.